The quantitative estimate of drug-likeness (QED) is 0.152. The number of halogens is 3. The van der Waals surface area contributed by atoms with Gasteiger partial charge in [0.05, 0.1) is 36.7 Å². The van der Waals surface area contributed by atoms with Gasteiger partial charge in [-0.15, -0.1) is 0 Å². The zero-order chi connectivity index (χ0) is 28.8. The van der Waals surface area contributed by atoms with E-state index in [9.17, 15) is 23.8 Å². The fourth-order valence-electron chi connectivity index (χ4n) is 4.27. The van der Waals surface area contributed by atoms with E-state index in [4.69, 9.17) is 10.5 Å². The molecule has 1 heterocycles. The number of aromatic nitrogens is 2. The van der Waals surface area contributed by atoms with Crippen LogP contribution in [0.4, 0.5) is 8.78 Å². The third kappa shape index (κ3) is 6.84. The second kappa shape index (κ2) is 13.3. The number of H-pyrrole nitrogens is 1. The van der Waals surface area contributed by atoms with Gasteiger partial charge < -0.3 is 31.0 Å². The van der Waals surface area contributed by atoms with E-state index in [-0.39, 0.29) is 30.4 Å². The predicted octanol–water partition coefficient (Wildman–Crippen LogP) is 4.35. The summed E-state index contributed by atoms with van der Waals surface area (Å²) in [6.07, 6.45) is 0.577. The summed E-state index contributed by atoms with van der Waals surface area (Å²) < 4.78 is 35.2. The number of nitrogens with one attached hydrogen (secondary N) is 2. The van der Waals surface area contributed by atoms with Gasteiger partial charge in [-0.2, -0.15) is 0 Å². The molecule has 0 aliphatic carbocycles. The van der Waals surface area contributed by atoms with Crippen LogP contribution in [-0.4, -0.2) is 45.4 Å². The van der Waals surface area contributed by atoms with E-state index < -0.39 is 35.7 Å². The van der Waals surface area contributed by atoms with Crippen LogP contribution in [0.25, 0.3) is 11.3 Å². The average molecular weight is 662 g/mol. The molecule has 8 nitrogen and oxygen atoms in total. The van der Waals surface area contributed by atoms with Crippen LogP contribution in [0.2, 0.25) is 0 Å². The Morgan fingerprint density at radius 2 is 1.68 bits per heavy atom. The molecule has 1 aromatic heterocycles. The number of rotatable bonds is 11. The molecular weight excluding hydrogens is 633 g/mol. The van der Waals surface area contributed by atoms with Crippen LogP contribution in [0, 0.1) is 15.2 Å². The topological polar surface area (TPSA) is 133 Å². The Morgan fingerprint density at radius 3 is 2.27 bits per heavy atom. The van der Waals surface area contributed by atoms with Crippen molar-refractivity contribution in [1.29, 1.82) is 0 Å². The average Bonchev–Trinajstić information content (AvgIpc) is 3.43. The van der Waals surface area contributed by atoms with E-state index in [1.165, 1.54) is 18.3 Å². The van der Waals surface area contributed by atoms with Crippen molar-refractivity contribution in [2.45, 2.75) is 31.0 Å². The summed E-state index contributed by atoms with van der Waals surface area (Å²) in [5.74, 6) is -1.52. The zero-order valence-electron chi connectivity index (χ0n) is 21.5. The van der Waals surface area contributed by atoms with E-state index in [0.717, 1.165) is 5.56 Å². The molecule has 0 saturated heterocycles. The molecule has 3 atom stereocenters. The van der Waals surface area contributed by atoms with Gasteiger partial charge in [0.25, 0.3) is 0 Å². The minimum atomic E-state index is -1.05. The minimum absolute atomic E-state index is 0.143. The number of imidazole rings is 1. The Balaban J connectivity index is 1.60. The first kappa shape index (κ1) is 29.6. The fraction of sp³-hybridized carbons (Fsp3) is 0.241. The summed E-state index contributed by atoms with van der Waals surface area (Å²) in [6.45, 7) is 1.21. The number of benzene rings is 3. The van der Waals surface area contributed by atoms with Crippen molar-refractivity contribution >= 4 is 28.5 Å². The highest BCUT2D eigenvalue weighted by atomic mass is 127. The van der Waals surface area contributed by atoms with E-state index in [1.807, 2.05) is 59.8 Å². The lowest BCUT2D eigenvalue weighted by atomic mass is 9.92. The van der Waals surface area contributed by atoms with Gasteiger partial charge in [-0.05, 0) is 58.0 Å². The highest BCUT2D eigenvalue weighted by molar-refractivity contribution is 14.1. The lowest BCUT2D eigenvalue weighted by Gasteiger charge is -2.26. The number of aliphatic hydroxyl groups is 2. The summed E-state index contributed by atoms with van der Waals surface area (Å²) in [5, 5.41) is 21.4. The number of carbonyl (C=O) groups is 1. The van der Waals surface area contributed by atoms with Crippen LogP contribution in [-0.2, 0) is 4.79 Å². The molecule has 6 N–H and O–H groups in total. The molecule has 4 rings (SSSR count). The third-order valence-electron chi connectivity index (χ3n) is 6.52. The van der Waals surface area contributed by atoms with Crippen molar-refractivity contribution in [2.24, 2.45) is 5.73 Å². The van der Waals surface area contributed by atoms with Gasteiger partial charge in [0, 0.05) is 9.49 Å². The lowest BCUT2D eigenvalue weighted by Crippen LogP contribution is -2.39. The van der Waals surface area contributed by atoms with E-state index in [1.54, 1.807) is 24.3 Å². The maximum atomic E-state index is 14.7. The maximum absolute atomic E-state index is 14.7. The highest BCUT2D eigenvalue weighted by Crippen LogP contribution is 2.33. The number of carbonyl (C=O) groups excluding carboxylic acids is 1. The number of ether oxygens (including phenoxy) is 1. The Kier molecular flexibility index (Phi) is 9.85. The number of nitrogens with two attached hydrogens (primary N) is 1. The van der Waals surface area contributed by atoms with Gasteiger partial charge in [-0.1, -0.05) is 49.4 Å². The molecule has 0 bridgehead atoms. The number of hydrogen-bond donors (Lipinski definition) is 5. The molecule has 1 amide bonds. The molecule has 0 aliphatic heterocycles. The monoisotopic (exact) mass is 662 g/mol. The molecule has 1 unspecified atom stereocenters. The van der Waals surface area contributed by atoms with Gasteiger partial charge in [0.15, 0.2) is 0 Å². The van der Waals surface area contributed by atoms with Gasteiger partial charge in [-0.3, -0.25) is 4.79 Å². The first-order valence-corrected chi connectivity index (χ1v) is 13.6. The lowest BCUT2D eigenvalue weighted by molar-refractivity contribution is -0.123. The van der Waals surface area contributed by atoms with Gasteiger partial charge >= 0.3 is 0 Å². The molecule has 0 spiro atoms. The third-order valence-corrected chi connectivity index (χ3v) is 7.14. The van der Waals surface area contributed by atoms with E-state index >= 15 is 0 Å². The number of hydrogen-bond acceptors (Lipinski definition) is 6. The standard InChI is InChI=1S/C29H29F2IN4O4/c1-16(17-5-3-2-4-6-17)27(28-34-13-24(35-28)25-22(30)11-19(32)12-23(25)31)36-29(39)26(33)18-7-9-20(10-8-18)40-21(14-37)15-38/h2-13,16,21,26-27,37-38H,14-15,33H2,1H3,(H,34,35)(H,36,39)/t16-,26?,27-/m0/s1. The fourth-order valence-corrected chi connectivity index (χ4v) is 4.82. The van der Waals surface area contributed by atoms with Crippen molar-refractivity contribution in [2.75, 3.05) is 13.2 Å². The minimum Gasteiger partial charge on any atom is -0.486 e. The van der Waals surface area contributed by atoms with Crippen molar-refractivity contribution in [1.82, 2.24) is 15.3 Å². The molecule has 4 aromatic rings. The van der Waals surface area contributed by atoms with Crippen LogP contribution >= 0.6 is 22.6 Å². The zero-order valence-corrected chi connectivity index (χ0v) is 23.7. The summed E-state index contributed by atoms with van der Waals surface area (Å²) in [5.41, 5.74) is 7.62. The van der Waals surface area contributed by atoms with Crippen LogP contribution in [0.1, 0.15) is 41.9 Å². The molecule has 11 heteroatoms. The molecule has 0 aliphatic rings. The summed E-state index contributed by atoms with van der Waals surface area (Å²) >= 11 is 1.84. The summed E-state index contributed by atoms with van der Waals surface area (Å²) in [7, 11) is 0. The van der Waals surface area contributed by atoms with Crippen LogP contribution in [0.3, 0.4) is 0 Å². The largest absolute Gasteiger partial charge is 0.486 e. The Labute approximate surface area is 243 Å². The van der Waals surface area contributed by atoms with Gasteiger partial charge in [0.2, 0.25) is 5.91 Å². The van der Waals surface area contributed by atoms with Crippen LogP contribution < -0.4 is 15.8 Å². The summed E-state index contributed by atoms with van der Waals surface area (Å²) in [4.78, 5) is 20.7. The van der Waals surface area contributed by atoms with Crippen molar-refractivity contribution in [3.8, 4) is 17.0 Å². The molecule has 0 radical (unpaired) electrons. The van der Waals surface area contributed by atoms with Gasteiger partial charge in [0.1, 0.15) is 35.4 Å². The normalized spacial score (nSPS) is 13.6. The summed E-state index contributed by atoms with van der Waals surface area (Å²) in [6, 6.07) is 16.6. The molecule has 0 saturated carbocycles. The first-order valence-electron chi connectivity index (χ1n) is 12.5. The van der Waals surface area contributed by atoms with Crippen molar-refractivity contribution in [3.63, 3.8) is 0 Å². The molecule has 0 fully saturated rings. The van der Waals surface area contributed by atoms with E-state index in [0.29, 0.717) is 20.7 Å². The van der Waals surface area contributed by atoms with Crippen molar-refractivity contribution in [3.05, 3.63) is 105 Å². The highest BCUT2D eigenvalue weighted by Gasteiger charge is 2.29. The van der Waals surface area contributed by atoms with Crippen LogP contribution in [0.15, 0.2) is 72.9 Å². The molecule has 3 aromatic carbocycles. The molecular formula is C29H29F2IN4O4. The first-order chi connectivity index (χ1) is 19.2. The Morgan fingerprint density at radius 1 is 1.05 bits per heavy atom. The smallest absolute Gasteiger partial charge is 0.242 e. The number of amides is 1. The van der Waals surface area contributed by atoms with E-state index in [2.05, 4.69) is 15.3 Å². The van der Waals surface area contributed by atoms with Crippen molar-refractivity contribution < 1.29 is 28.5 Å². The second-order valence-corrected chi connectivity index (χ2v) is 10.5. The van der Waals surface area contributed by atoms with Gasteiger partial charge in [-0.25, -0.2) is 13.8 Å². The number of aliphatic hydroxyl groups excluding tert-OH is 2. The molecule has 210 valence electrons. The molecule has 40 heavy (non-hydrogen) atoms. The SMILES string of the molecule is C[C@@H](c1ccccc1)[C@H](NC(=O)C(N)c1ccc(OC(CO)CO)cc1)c1ncc(-c2c(F)cc(I)cc2F)[nH]1. The Bertz CT molecular complexity index is 1410. The predicted molar refractivity (Wildman–Crippen MR) is 154 cm³/mol. The maximum Gasteiger partial charge on any atom is 0.242 e. The number of nitrogens with zero attached hydrogens (tertiary/aromatic N) is 1. The Hall–Kier alpha value is -3.39. The van der Waals surface area contributed by atoms with Crippen LogP contribution in [0.5, 0.6) is 5.75 Å². The second-order valence-electron chi connectivity index (χ2n) is 9.26. The number of aromatic amines is 1.